The Bertz CT molecular complexity index is 963. The van der Waals surface area contributed by atoms with E-state index in [0.29, 0.717) is 27.1 Å². The van der Waals surface area contributed by atoms with Crippen molar-refractivity contribution in [3.05, 3.63) is 58.3 Å². The first-order valence-electron chi connectivity index (χ1n) is 7.00. The number of carbonyl (C=O) groups excluding carboxylic acids is 1. The van der Waals surface area contributed by atoms with E-state index in [1.165, 1.54) is 30.5 Å². The SMILES string of the molecule is Cc1c(C(=O)N/N=C/c2cc(Cl)ccc2O)oc2cccc(O)c12. The van der Waals surface area contributed by atoms with Crippen molar-refractivity contribution in [2.45, 2.75) is 6.92 Å². The average molecular weight is 345 g/mol. The second-order valence-corrected chi connectivity index (χ2v) is 5.55. The standard InChI is InChI=1S/C17H13ClN2O4/c1-9-15-13(22)3-2-4-14(15)24-16(9)17(23)20-19-8-10-7-11(18)5-6-12(10)21/h2-8,21-22H,1H3,(H,20,23)/b19-8+. The molecular formula is C17H13ClN2O4. The van der Waals surface area contributed by atoms with Crippen molar-refractivity contribution in [3.8, 4) is 11.5 Å². The minimum Gasteiger partial charge on any atom is -0.507 e. The number of hydrogen-bond donors (Lipinski definition) is 3. The third kappa shape index (κ3) is 2.91. The number of rotatable bonds is 3. The Labute approximate surface area is 142 Å². The van der Waals surface area contributed by atoms with Crippen molar-refractivity contribution >= 4 is 34.7 Å². The van der Waals surface area contributed by atoms with E-state index in [9.17, 15) is 15.0 Å². The number of carbonyl (C=O) groups is 1. The molecule has 3 aromatic rings. The van der Waals surface area contributed by atoms with Crippen LogP contribution in [0, 0.1) is 6.92 Å². The quantitative estimate of drug-likeness (QED) is 0.500. The Hall–Kier alpha value is -2.99. The zero-order chi connectivity index (χ0) is 17.3. The predicted molar refractivity (Wildman–Crippen MR) is 90.8 cm³/mol. The first-order chi connectivity index (χ1) is 11.5. The van der Waals surface area contributed by atoms with Gasteiger partial charge in [0.1, 0.15) is 17.1 Å². The summed E-state index contributed by atoms with van der Waals surface area (Å²) in [7, 11) is 0. The van der Waals surface area contributed by atoms with Gasteiger partial charge in [0.2, 0.25) is 0 Å². The lowest BCUT2D eigenvalue weighted by molar-refractivity contribution is 0.0929. The zero-order valence-electron chi connectivity index (χ0n) is 12.6. The van der Waals surface area contributed by atoms with E-state index in [1.54, 1.807) is 19.1 Å². The van der Waals surface area contributed by atoms with Crippen LogP contribution in [0.15, 0.2) is 45.9 Å². The van der Waals surface area contributed by atoms with Gasteiger partial charge in [-0.3, -0.25) is 4.79 Å². The van der Waals surface area contributed by atoms with Crippen LogP contribution in [0.4, 0.5) is 0 Å². The van der Waals surface area contributed by atoms with Crippen LogP contribution in [-0.2, 0) is 0 Å². The smallest absolute Gasteiger partial charge is 0.307 e. The predicted octanol–water partition coefficient (Wildman–Crippen LogP) is 3.57. The van der Waals surface area contributed by atoms with E-state index in [-0.39, 0.29) is 17.3 Å². The molecule has 1 heterocycles. The first kappa shape index (κ1) is 15.9. The number of hydrazone groups is 1. The maximum atomic E-state index is 12.2. The Morgan fingerprint density at radius 3 is 2.79 bits per heavy atom. The molecule has 1 amide bonds. The fourth-order valence-electron chi connectivity index (χ4n) is 2.34. The third-order valence-electron chi connectivity index (χ3n) is 3.50. The van der Waals surface area contributed by atoms with Gasteiger partial charge < -0.3 is 14.6 Å². The lowest BCUT2D eigenvalue weighted by Gasteiger charge is -2.00. The molecule has 0 unspecified atom stereocenters. The van der Waals surface area contributed by atoms with Gasteiger partial charge in [-0.25, -0.2) is 5.43 Å². The first-order valence-corrected chi connectivity index (χ1v) is 7.38. The van der Waals surface area contributed by atoms with E-state index in [2.05, 4.69) is 10.5 Å². The summed E-state index contributed by atoms with van der Waals surface area (Å²) in [5.74, 6) is -0.484. The van der Waals surface area contributed by atoms with Crippen LogP contribution in [0.25, 0.3) is 11.0 Å². The van der Waals surface area contributed by atoms with Crippen molar-refractivity contribution in [2.75, 3.05) is 0 Å². The number of furan rings is 1. The Morgan fingerprint density at radius 2 is 2.04 bits per heavy atom. The van der Waals surface area contributed by atoms with Gasteiger partial charge in [-0.1, -0.05) is 17.7 Å². The highest BCUT2D eigenvalue weighted by Gasteiger charge is 2.19. The average Bonchev–Trinajstić information content (AvgIpc) is 2.89. The van der Waals surface area contributed by atoms with Crippen molar-refractivity contribution in [2.24, 2.45) is 5.10 Å². The minimum absolute atomic E-state index is 0.0118. The number of benzene rings is 2. The normalized spacial score (nSPS) is 11.2. The second kappa shape index (κ2) is 6.25. The van der Waals surface area contributed by atoms with E-state index in [4.69, 9.17) is 16.0 Å². The summed E-state index contributed by atoms with van der Waals surface area (Å²) in [4.78, 5) is 12.2. The second-order valence-electron chi connectivity index (χ2n) is 5.11. The van der Waals surface area contributed by atoms with E-state index in [1.807, 2.05) is 0 Å². The van der Waals surface area contributed by atoms with Crippen molar-refractivity contribution in [1.82, 2.24) is 5.43 Å². The Morgan fingerprint density at radius 1 is 1.25 bits per heavy atom. The molecule has 7 heteroatoms. The van der Waals surface area contributed by atoms with Gasteiger partial charge in [-0.05, 0) is 37.3 Å². The van der Waals surface area contributed by atoms with Crippen LogP contribution in [0.5, 0.6) is 11.5 Å². The zero-order valence-corrected chi connectivity index (χ0v) is 13.3. The maximum Gasteiger partial charge on any atom is 0.307 e. The Kier molecular flexibility index (Phi) is 4.14. The summed E-state index contributed by atoms with van der Waals surface area (Å²) in [5, 5.41) is 24.3. The van der Waals surface area contributed by atoms with Gasteiger partial charge in [0.25, 0.3) is 0 Å². The largest absolute Gasteiger partial charge is 0.507 e. The number of phenolic OH excluding ortho intramolecular Hbond substituents is 2. The minimum atomic E-state index is -0.569. The van der Waals surface area contributed by atoms with Gasteiger partial charge in [0.15, 0.2) is 5.76 Å². The molecule has 0 bridgehead atoms. The van der Waals surface area contributed by atoms with E-state index < -0.39 is 5.91 Å². The maximum absolute atomic E-state index is 12.2. The molecule has 0 atom stereocenters. The topological polar surface area (TPSA) is 95.1 Å². The molecule has 0 radical (unpaired) electrons. The molecule has 3 N–H and O–H groups in total. The Balaban J connectivity index is 1.83. The van der Waals surface area contributed by atoms with Crippen LogP contribution < -0.4 is 5.43 Å². The summed E-state index contributed by atoms with van der Waals surface area (Å²) < 4.78 is 5.47. The molecule has 0 spiro atoms. The van der Waals surface area contributed by atoms with Crippen LogP contribution >= 0.6 is 11.6 Å². The number of amides is 1. The van der Waals surface area contributed by atoms with Crippen molar-refractivity contribution < 1.29 is 19.4 Å². The summed E-state index contributed by atoms with van der Waals surface area (Å²) in [6.45, 7) is 1.67. The number of halogens is 1. The molecule has 3 rings (SSSR count). The molecule has 0 saturated heterocycles. The van der Waals surface area contributed by atoms with Gasteiger partial charge >= 0.3 is 5.91 Å². The monoisotopic (exact) mass is 344 g/mol. The molecule has 0 aliphatic rings. The van der Waals surface area contributed by atoms with Gasteiger partial charge in [-0.15, -0.1) is 0 Å². The number of nitrogens with one attached hydrogen (secondary N) is 1. The number of hydrogen-bond acceptors (Lipinski definition) is 5. The molecular weight excluding hydrogens is 332 g/mol. The summed E-state index contributed by atoms with van der Waals surface area (Å²) >= 11 is 5.84. The van der Waals surface area contributed by atoms with E-state index >= 15 is 0 Å². The van der Waals surface area contributed by atoms with Crippen LogP contribution in [0.3, 0.4) is 0 Å². The molecule has 0 aliphatic heterocycles. The fourth-order valence-corrected chi connectivity index (χ4v) is 2.52. The van der Waals surface area contributed by atoms with Crippen LogP contribution in [0.1, 0.15) is 21.7 Å². The van der Waals surface area contributed by atoms with Crippen molar-refractivity contribution in [1.29, 1.82) is 0 Å². The lowest BCUT2D eigenvalue weighted by Crippen LogP contribution is -2.17. The molecule has 0 fully saturated rings. The molecule has 0 aliphatic carbocycles. The van der Waals surface area contributed by atoms with Crippen molar-refractivity contribution in [3.63, 3.8) is 0 Å². The number of nitrogens with zero attached hydrogens (tertiary/aromatic N) is 1. The van der Waals surface area contributed by atoms with E-state index in [0.717, 1.165) is 0 Å². The molecule has 2 aromatic carbocycles. The number of aromatic hydroxyl groups is 2. The van der Waals surface area contributed by atoms with Crippen LogP contribution in [0.2, 0.25) is 5.02 Å². The van der Waals surface area contributed by atoms with Gasteiger partial charge in [0, 0.05) is 16.1 Å². The summed E-state index contributed by atoms with van der Waals surface area (Å²) in [5.41, 5.74) is 3.61. The highest BCUT2D eigenvalue weighted by Crippen LogP contribution is 2.32. The third-order valence-corrected chi connectivity index (χ3v) is 3.73. The number of phenols is 2. The molecule has 122 valence electrons. The highest BCUT2D eigenvalue weighted by molar-refractivity contribution is 6.30. The lowest BCUT2D eigenvalue weighted by atomic mass is 10.1. The summed E-state index contributed by atoms with van der Waals surface area (Å²) in [6.07, 6.45) is 1.27. The van der Waals surface area contributed by atoms with Gasteiger partial charge in [0.05, 0.1) is 11.6 Å². The van der Waals surface area contributed by atoms with Crippen LogP contribution in [-0.4, -0.2) is 22.3 Å². The highest BCUT2D eigenvalue weighted by atomic mass is 35.5. The molecule has 6 nitrogen and oxygen atoms in total. The number of aryl methyl sites for hydroxylation is 1. The fraction of sp³-hybridized carbons (Fsp3) is 0.0588. The molecule has 24 heavy (non-hydrogen) atoms. The molecule has 1 aromatic heterocycles. The number of fused-ring (bicyclic) bond motifs is 1. The summed E-state index contributed by atoms with van der Waals surface area (Å²) in [6, 6.07) is 9.28. The molecule has 0 saturated carbocycles. The van der Waals surface area contributed by atoms with Gasteiger partial charge in [-0.2, -0.15) is 5.10 Å².